The summed E-state index contributed by atoms with van der Waals surface area (Å²) in [5, 5.41) is 24.8. The molecule has 2 rings (SSSR count). The molecule has 0 aromatic carbocycles. The summed E-state index contributed by atoms with van der Waals surface area (Å²) in [5.41, 5.74) is 0.472. The van der Waals surface area contributed by atoms with E-state index >= 15 is 0 Å². The zero-order valence-corrected chi connectivity index (χ0v) is 15.0. The standard InChI is InChI=1S/C14H20ClN3O3.2ClH/c15-14(12-5-4-8-18(20)9-12)16-21-11-13(19)10-17-6-2-1-3-7-17;;/h4-5,8-9,13,19H,1-3,6-7,10-11H2;2*1H/t13-;;/m1../s1. The molecule has 0 spiro atoms. The highest BCUT2D eigenvalue weighted by molar-refractivity contribution is 6.69. The van der Waals surface area contributed by atoms with Gasteiger partial charge in [0.05, 0.1) is 5.56 Å². The molecule has 0 unspecified atom stereocenters. The molecule has 1 N–H and O–H groups in total. The Hall–Kier alpha value is -0.790. The summed E-state index contributed by atoms with van der Waals surface area (Å²) in [6.07, 6.45) is 5.69. The van der Waals surface area contributed by atoms with Gasteiger partial charge in [-0.3, -0.25) is 0 Å². The third-order valence-corrected chi connectivity index (χ3v) is 3.63. The highest BCUT2D eigenvalue weighted by atomic mass is 35.5. The van der Waals surface area contributed by atoms with Gasteiger partial charge < -0.3 is 20.1 Å². The molecule has 1 aliphatic heterocycles. The first-order valence-electron chi connectivity index (χ1n) is 7.10. The van der Waals surface area contributed by atoms with Crippen LogP contribution in [0.4, 0.5) is 0 Å². The van der Waals surface area contributed by atoms with E-state index in [0.717, 1.165) is 13.1 Å². The average Bonchev–Trinajstić information content (AvgIpc) is 2.48. The SMILES string of the molecule is Cl.Cl.[O-][n+]1cccc(C(Cl)=NOC[C@H](O)CN2CCCCC2)c1. The van der Waals surface area contributed by atoms with Gasteiger partial charge in [0.1, 0.15) is 12.7 Å². The van der Waals surface area contributed by atoms with Gasteiger partial charge in [0.15, 0.2) is 17.6 Å². The summed E-state index contributed by atoms with van der Waals surface area (Å²) < 4.78 is 0.637. The molecule has 0 saturated carbocycles. The van der Waals surface area contributed by atoms with Crippen LogP contribution < -0.4 is 4.73 Å². The molecule has 0 bridgehead atoms. The van der Waals surface area contributed by atoms with Crippen molar-refractivity contribution in [1.29, 1.82) is 0 Å². The monoisotopic (exact) mass is 385 g/mol. The number of nitrogens with zero attached hydrogens (tertiary/aromatic N) is 3. The Balaban J connectivity index is 0.00000242. The number of hydrogen-bond acceptors (Lipinski definition) is 5. The van der Waals surface area contributed by atoms with E-state index in [4.69, 9.17) is 16.4 Å². The highest BCUT2D eigenvalue weighted by Crippen LogP contribution is 2.09. The first-order valence-corrected chi connectivity index (χ1v) is 7.48. The van der Waals surface area contributed by atoms with E-state index in [9.17, 15) is 10.3 Å². The topological polar surface area (TPSA) is 72.0 Å². The highest BCUT2D eigenvalue weighted by Gasteiger charge is 2.15. The van der Waals surface area contributed by atoms with Crippen molar-refractivity contribution in [3.8, 4) is 0 Å². The average molecular weight is 387 g/mol. The first-order chi connectivity index (χ1) is 10.1. The predicted octanol–water partition coefficient (Wildman–Crippen LogP) is 1.93. The number of piperidine rings is 1. The molecule has 0 amide bonds. The molecule has 2 heterocycles. The smallest absolute Gasteiger partial charge is 0.190 e. The lowest BCUT2D eigenvalue weighted by Crippen LogP contribution is -2.38. The van der Waals surface area contributed by atoms with E-state index in [1.165, 1.54) is 31.7 Å². The summed E-state index contributed by atoms with van der Waals surface area (Å²) in [4.78, 5) is 7.28. The van der Waals surface area contributed by atoms with Crippen LogP contribution in [0, 0.1) is 5.21 Å². The molecule has 0 aliphatic carbocycles. The van der Waals surface area contributed by atoms with Gasteiger partial charge in [-0.1, -0.05) is 23.2 Å². The number of aromatic nitrogens is 1. The molecule has 0 radical (unpaired) electrons. The minimum atomic E-state index is -0.600. The van der Waals surface area contributed by atoms with E-state index in [1.54, 1.807) is 12.1 Å². The van der Waals surface area contributed by atoms with Crippen LogP contribution in [-0.4, -0.2) is 47.5 Å². The number of aliphatic hydroxyl groups is 1. The molecule has 1 fully saturated rings. The zero-order chi connectivity index (χ0) is 15.1. The Morgan fingerprint density at radius 1 is 1.39 bits per heavy atom. The predicted molar refractivity (Wildman–Crippen MR) is 94.5 cm³/mol. The van der Waals surface area contributed by atoms with Crippen molar-refractivity contribution in [2.75, 3.05) is 26.2 Å². The van der Waals surface area contributed by atoms with Gasteiger partial charge in [-0.05, 0) is 32.0 Å². The summed E-state index contributed by atoms with van der Waals surface area (Å²) in [7, 11) is 0. The Kier molecular flexibility index (Phi) is 11.3. The van der Waals surface area contributed by atoms with Gasteiger partial charge >= 0.3 is 0 Å². The molecule has 1 aromatic heterocycles. The Bertz CT molecular complexity index is 485. The van der Waals surface area contributed by atoms with Gasteiger partial charge in [-0.15, -0.1) is 24.8 Å². The molecule has 1 saturated heterocycles. The minimum Gasteiger partial charge on any atom is -0.619 e. The van der Waals surface area contributed by atoms with Gasteiger partial charge in [-0.25, -0.2) is 0 Å². The second-order valence-corrected chi connectivity index (χ2v) is 5.50. The lowest BCUT2D eigenvalue weighted by atomic mass is 10.1. The fourth-order valence-electron chi connectivity index (χ4n) is 2.30. The van der Waals surface area contributed by atoms with Crippen molar-refractivity contribution < 1.29 is 14.7 Å². The number of pyridine rings is 1. The number of hydrogen-bond donors (Lipinski definition) is 1. The van der Waals surface area contributed by atoms with Gasteiger partial charge in [0, 0.05) is 12.6 Å². The lowest BCUT2D eigenvalue weighted by Gasteiger charge is -2.27. The molecular weight excluding hydrogens is 365 g/mol. The van der Waals surface area contributed by atoms with Crippen LogP contribution in [0.15, 0.2) is 29.7 Å². The van der Waals surface area contributed by atoms with E-state index in [2.05, 4.69) is 10.1 Å². The van der Waals surface area contributed by atoms with Gasteiger partial charge in [0.25, 0.3) is 0 Å². The van der Waals surface area contributed by atoms with Crippen molar-refractivity contribution in [3.05, 3.63) is 35.3 Å². The summed E-state index contributed by atoms with van der Waals surface area (Å²) in [6, 6.07) is 3.24. The molecule has 1 aromatic rings. The Labute approximate surface area is 153 Å². The van der Waals surface area contributed by atoms with Gasteiger partial charge in [0.2, 0.25) is 0 Å². The van der Waals surface area contributed by atoms with Gasteiger partial charge in [-0.2, -0.15) is 4.73 Å². The second kappa shape index (κ2) is 11.7. The van der Waals surface area contributed by atoms with Crippen LogP contribution in [0.3, 0.4) is 0 Å². The molecule has 9 heteroatoms. The van der Waals surface area contributed by atoms with Crippen LogP contribution in [0.1, 0.15) is 24.8 Å². The number of oxime groups is 1. The maximum atomic E-state index is 11.1. The van der Waals surface area contributed by atoms with Crippen molar-refractivity contribution in [1.82, 2.24) is 4.90 Å². The van der Waals surface area contributed by atoms with Crippen molar-refractivity contribution in [3.63, 3.8) is 0 Å². The number of halogens is 3. The molecule has 132 valence electrons. The van der Waals surface area contributed by atoms with E-state index in [0.29, 0.717) is 16.8 Å². The van der Waals surface area contributed by atoms with E-state index in [-0.39, 0.29) is 36.6 Å². The maximum absolute atomic E-state index is 11.1. The largest absolute Gasteiger partial charge is 0.619 e. The van der Waals surface area contributed by atoms with E-state index < -0.39 is 6.10 Å². The van der Waals surface area contributed by atoms with Crippen LogP contribution in [0.5, 0.6) is 0 Å². The normalized spacial score (nSPS) is 16.9. The third kappa shape index (κ3) is 8.04. The van der Waals surface area contributed by atoms with Crippen LogP contribution >= 0.6 is 36.4 Å². The first kappa shape index (κ1) is 22.2. The fourth-order valence-corrected chi connectivity index (χ4v) is 2.46. The van der Waals surface area contributed by atoms with Crippen LogP contribution in [-0.2, 0) is 4.84 Å². The van der Waals surface area contributed by atoms with Crippen molar-refractivity contribution in [2.45, 2.75) is 25.4 Å². The molecule has 1 atom stereocenters. The fraction of sp³-hybridized carbons (Fsp3) is 0.571. The summed E-state index contributed by atoms with van der Waals surface area (Å²) in [5.74, 6) is 0. The second-order valence-electron chi connectivity index (χ2n) is 5.15. The summed E-state index contributed by atoms with van der Waals surface area (Å²) in [6.45, 7) is 2.71. The van der Waals surface area contributed by atoms with E-state index in [1.807, 2.05) is 0 Å². The number of aliphatic hydroxyl groups excluding tert-OH is 1. The molecule has 1 aliphatic rings. The Morgan fingerprint density at radius 3 is 2.74 bits per heavy atom. The quantitative estimate of drug-likeness (QED) is 0.351. The molecule has 23 heavy (non-hydrogen) atoms. The maximum Gasteiger partial charge on any atom is 0.190 e. The Morgan fingerprint density at radius 2 is 2.09 bits per heavy atom. The lowest BCUT2D eigenvalue weighted by molar-refractivity contribution is -0.605. The number of likely N-dealkylation sites (tertiary alicyclic amines) is 1. The van der Waals surface area contributed by atoms with Crippen molar-refractivity contribution in [2.24, 2.45) is 5.16 Å². The minimum absolute atomic E-state index is 0. The van der Waals surface area contributed by atoms with Crippen LogP contribution in [0.2, 0.25) is 0 Å². The number of rotatable bonds is 6. The van der Waals surface area contributed by atoms with Crippen molar-refractivity contribution >= 4 is 41.6 Å². The number of β-amino-alcohol motifs (C(OH)–C–C–N with tert-alkyl or cyclic N) is 1. The summed E-state index contributed by atoms with van der Waals surface area (Å²) >= 11 is 5.93. The zero-order valence-electron chi connectivity index (χ0n) is 12.6. The molecular formula is C14H22Cl3N3O3. The molecule has 6 nitrogen and oxygen atoms in total. The van der Waals surface area contributed by atoms with Crippen LogP contribution in [0.25, 0.3) is 0 Å². The third-order valence-electron chi connectivity index (χ3n) is 3.34.